The van der Waals surface area contributed by atoms with Crippen molar-refractivity contribution >= 4 is 5.97 Å². The van der Waals surface area contributed by atoms with Crippen LogP contribution >= 0.6 is 0 Å². The van der Waals surface area contributed by atoms with Gasteiger partial charge in [0.2, 0.25) is 0 Å². The van der Waals surface area contributed by atoms with E-state index in [2.05, 4.69) is 0 Å². The van der Waals surface area contributed by atoms with Gasteiger partial charge < -0.3 is 15.2 Å². The summed E-state index contributed by atoms with van der Waals surface area (Å²) in [7, 11) is 0. The highest BCUT2D eigenvalue weighted by Crippen LogP contribution is 2.25. The van der Waals surface area contributed by atoms with E-state index in [1.807, 2.05) is 4.98 Å². The highest BCUT2D eigenvalue weighted by molar-refractivity contribution is 5.71. The smallest absolute Gasteiger partial charge is 0.307 e. The number of aliphatic carboxylic acids is 1. The first kappa shape index (κ1) is 11.2. The maximum atomic E-state index is 12.4. The number of halogens is 2. The molecule has 0 saturated heterocycles. The van der Waals surface area contributed by atoms with Gasteiger partial charge in [-0.15, -0.1) is 0 Å². The summed E-state index contributed by atoms with van der Waals surface area (Å²) >= 11 is 0. The van der Waals surface area contributed by atoms with Crippen molar-refractivity contribution in [2.75, 3.05) is 0 Å². The van der Waals surface area contributed by atoms with E-state index in [1.54, 1.807) is 0 Å². The van der Waals surface area contributed by atoms with Gasteiger partial charge in [-0.25, -0.2) is 8.78 Å². The average Bonchev–Trinajstić information content (AvgIpc) is 2.10. The summed E-state index contributed by atoms with van der Waals surface area (Å²) in [6.07, 6.45) is -3.17. The van der Waals surface area contributed by atoms with Gasteiger partial charge in [-0.05, 0) is 0 Å². The summed E-state index contributed by atoms with van der Waals surface area (Å²) in [6.45, 7) is 0. The molecule has 0 radical (unpaired) electrons. The minimum Gasteiger partial charge on any atom is -0.506 e. The number of carboxylic acids is 1. The molecule has 0 saturated carbocycles. The number of H-pyrrole nitrogens is 1. The molecule has 0 aliphatic rings. The largest absolute Gasteiger partial charge is 0.506 e. The number of aromatic nitrogens is 1. The first-order valence-electron chi connectivity index (χ1n) is 3.87. The Morgan fingerprint density at radius 2 is 2.13 bits per heavy atom. The van der Waals surface area contributed by atoms with Crippen molar-refractivity contribution in [3.63, 3.8) is 0 Å². The van der Waals surface area contributed by atoms with Crippen LogP contribution in [0.2, 0.25) is 0 Å². The zero-order valence-electron chi connectivity index (χ0n) is 7.33. The molecule has 3 N–H and O–H groups in total. The van der Waals surface area contributed by atoms with E-state index in [0.717, 1.165) is 6.20 Å². The summed E-state index contributed by atoms with van der Waals surface area (Å²) in [4.78, 5) is 23.2. The van der Waals surface area contributed by atoms with Crippen LogP contribution in [-0.2, 0) is 11.2 Å². The van der Waals surface area contributed by atoms with Crippen LogP contribution in [0, 0.1) is 0 Å². The maximum Gasteiger partial charge on any atom is 0.307 e. The second-order valence-corrected chi connectivity index (χ2v) is 2.77. The Labute approximate surface area is 82.0 Å². The quantitative estimate of drug-likeness (QED) is 0.695. The summed E-state index contributed by atoms with van der Waals surface area (Å²) in [6, 6.07) is 0. The summed E-state index contributed by atoms with van der Waals surface area (Å²) in [5.41, 5.74) is -2.65. The van der Waals surface area contributed by atoms with Crippen LogP contribution in [0.25, 0.3) is 0 Å². The van der Waals surface area contributed by atoms with Crippen molar-refractivity contribution in [2.45, 2.75) is 12.8 Å². The Balaban J connectivity index is 3.38. The number of hydrogen-bond acceptors (Lipinski definition) is 3. The molecule has 0 fully saturated rings. The number of aromatic hydroxyl groups is 1. The molecule has 82 valence electrons. The standard InChI is InChI=1S/C8H7F2NO4/c9-7(10)6-3(1-5(13)14)4(12)2-11-8(6)15/h2,7,12H,1H2,(H,11,15)(H,13,14). The molecule has 5 nitrogen and oxygen atoms in total. The van der Waals surface area contributed by atoms with Crippen LogP contribution in [0.15, 0.2) is 11.0 Å². The van der Waals surface area contributed by atoms with Crippen LogP contribution in [0.3, 0.4) is 0 Å². The molecule has 1 rings (SSSR count). The second kappa shape index (κ2) is 4.07. The summed E-state index contributed by atoms with van der Waals surface area (Å²) in [5, 5.41) is 17.6. The Morgan fingerprint density at radius 3 is 2.60 bits per heavy atom. The molecule has 0 aromatic carbocycles. The molecule has 1 heterocycles. The zero-order valence-corrected chi connectivity index (χ0v) is 7.33. The van der Waals surface area contributed by atoms with Crippen LogP contribution in [0.5, 0.6) is 5.75 Å². The average molecular weight is 219 g/mol. The van der Waals surface area contributed by atoms with Crippen LogP contribution < -0.4 is 5.56 Å². The van der Waals surface area contributed by atoms with Crippen molar-refractivity contribution in [1.82, 2.24) is 4.98 Å². The van der Waals surface area contributed by atoms with Gasteiger partial charge >= 0.3 is 5.97 Å². The SMILES string of the molecule is O=C(O)Cc1c(O)c[nH]c(=O)c1C(F)F. The van der Waals surface area contributed by atoms with Crippen LogP contribution in [0.4, 0.5) is 8.78 Å². The van der Waals surface area contributed by atoms with Gasteiger partial charge in [0.15, 0.2) is 0 Å². The number of carbonyl (C=O) groups is 1. The van der Waals surface area contributed by atoms with Gasteiger partial charge in [0.25, 0.3) is 12.0 Å². The molecular weight excluding hydrogens is 212 g/mol. The fourth-order valence-electron chi connectivity index (χ4n) is 1.14. The predicted molar refractivity (Wildman–Crippen MR) is 45.0 cm³/mol. The molecule has 0 bridgehead atoms. The van der Waals surface area contributed by atoms with Gasteiger partial charge in [0, 0.05) is 11.8 Å². The molecule has 0 aliphatic carbocycles. The highest BCUT2D eigenvalue weighted by atomic mass is 19.3. The number of hydrogen-bond donors (Lipinski definition) is 3. The minimum atomic E-state index is -3.13. The Kier molecular flexibility index (Phi) is 3.03. The second-order valence-electron chi connectivity index (χ2n) is 2.77. The number of nitrogens with one attached hydrogen (secondary N) is 1. The lowest BCUT2D eigenvalue weighted by atomic mass is 10.1. The van der Waals surface area contributed by atoms with E-state index >= 15 is 0 Å². The number of carboxylic acid groups (broad SMARTS) is 1. The molecule has 0 atom stereocenters. The third-order valence-corrected chi connectivity index (χ3v) is 1.77. The third-order valence-electron chi connectivity index (χ3n) is 1.77. The minimum absolute atomic E-state index is 0.554. The van der Waals surface area contributed by atoms with E-state index in [9.17, 15) is 18.4 Å². The van der Waals surface area contributed by atoms with E-state index in [0.29, 0.717) is 0 Å². The number of aromatic amines is 1. The number of pyridine rings is 1. The highest BCUT2D eigenvalue weighted by Gasteiger charge is 2.22. The fourth-order valence-corrected chi connectivity index (χ4v) is 1.14. The van der Waals surface area contributed by atoms with Crippen molar-refractivity contribution in [2.24, 2.45) is 0 Å². The predicted octanol–water partition coefficient (Wildman–Crippen LogP) is 0.645. The topological polar surface area (TPSA) is 90.4 Å². The third kappa shape index (κ3) is 2.30. The van der Waals surface area contributed by atoms with Gasteiger partial charge in [-0.1, -0.05) is 0 Å². The summed E-state index contributed by atoms with van der Waals surface area (Å²) < 4.78 is 24.8. The van der Waals surface area contributed by atoms with Gasteiger partial charge in [0.05, 0.1) is 12.0 Å². The Hall–Kier alpha value is -1.92. The Morgan fingerprint density at radius 1 is 1.53 bits per heavy atom. The van der Waals surface area contributed by atoms with Gasteiger partial charge in [-0.2, -0.15) is 0 Å². The zero-order chi connectivity index (χ0) is 11.6. The lowest BCUT2D eigenvalue weighted by Crippen LogP contribution is -2.17. The van der Waals surface area contributed by atoms with Gasteiger partial charge in [-0.3, -0.25) is 9.59 Å². The molecule has 1 aromatic heterocycles. The lowest BCUT2D eigenvalue weighted by molar-refractivity contribution is -0.136. The maximum absolute atomic E-state index is 12.4. The molecule has 0 amide bonds. The monoisotopic (exact) mass is 219 g/mol. The first-order chi connectivity index (χ1) is 6.93. The van der Waals surface area contributed by atoms with Crippen molar-refractivity contribution in [3.8, 4) is 5.75 Å². The number of alkyl halides is 2. The molecular formula is C8H7F2NO4. The van der Waals surface area contributed by atoms with Crippen LogP contribution in [0.1, 0.15) is 17.6 Å². The van der Waals surface area contributed by atoms with Gasteiger partial charge in [0.1, 0.15) is 5.75 Å². The molecule has 0 spiro atoms. The fraction of sp³-hybridized carbons (Fsp3) is 0.250. The Bertz CT molecular complexity index is 441. The van der Waals surface area contributed by atoms with E-state index in [1.165, 1.54) is 0 Å². The number of rotatable bonds is 3. The normalized spacial score (nSPS) is 10.6. The van der Waals surface area contributed by atoms with E-state index < -0.39 is 41.3 Å². The molecule has 7 heteroatoms. The lowest BCUT2D eigenvalue weighted by Gasteiger charge is -2.07. The van der Waals surface area contributed by atoms with E-state index in [-0.39, 0.29) is 0 Å². The van der Waals surface area contributed by atoms with Crippen molar-refractivity contribution in [3.05, 3.63) is 27.7 Å². The van der Waals surface area contributed by atoms with Crippen LogP contribution in [-0.4, -0.2) is 21.2 Å². The summed E-state index contributed by atoms with van der Waals surface area (Å²) in [5.74, 6) is -2.06. The van der Waals surface area contributed by atoms with Crippen molar-refractivity contribution in [1.29, 1.82) is 0 Å². The van der Waals surface area contributed by atoms with Crippen molar-refractivity contribution < 1.29 is 23.8 Å². The molecule has 0 unspecified atom stereocenters. The van der Waals surface area contributed by atoms with E-state index in [4.69, 9.17) is 10.2 Å². The molecule has 0 aliphatic heterocycles. The molecule has 15 heavy (non-hydrogen) atoms. The molecule has 1 aromatic rings. The first-order valence-corrected chi connectivity index (χ1v) is 3.87.